The second-order valence-electron chi connectivity index (χ2n) is 4.94. The molecule has 0 saturated carbocycles. The highest BCUT2D eigenvalue weighted by molar-refractivity contribution is 7.09. The molecule has 0 saturated heterocycles. The first-order valence-electron chi connectivity index (χ1n) is 7.02. The fourth-order valence-corrected chi connectivity index (χ4v) is 2.47. The molecule has 3 N–H and O–H groups in total. The first-order valence-corrected chi connectivity index (χ1v) is 7.90. The van der Waals surface area contributed by atoms with Gasteiger partial charge < -0.3 is 15.8 Å². The molecule has 0 spiro atoms. The van der Waals surface area contributed by atoms with Gasteiger partial charge >= 0.3 is 6.18 Å². The van der Waals surface area contributed by atoms with E-state index in [-0.39, 0.29) is 38.0 Å². The fourth-order valence-electron chi connectivity index (χ4n) is 1.82. The molecule has 1 amide bonds. The normalized spacial score (nSPS) is 11.0. The summed E-state index contributed by atoms with van der Waals surface area (Å²) in [6.07, 6.45) is -4.33. The molecule has 0 aliphatic heterocycles. The maximum Gasteiger partial charge on any atom is 0.411 e. The van der Waals surface area contributed by atoms with Crippen molar-refractivity contribution in [2.24, 2.45) is 5.73 Å². The van der Waals surface area contributed by atoms with Crippen LogP contribution < -0.4 is 11.1 Å². The van der Waals surface area contributed by atoms with Gasteiger partial charge in [0.1, 0.15) is 17.3 Å². The van der Waals surface area contributed by atoms with Crippen molar-refractivity contribution in [3.63, 3.8) is 0 Å². The number of alkyl halides is 3. The number of thiazole rings is 1. The van der Waals surface area contributed by atoms with Crippen LogP contribution in [-0.2, 0) is 24.4 Å². The predicted octanol–water partition coefficient (Wildman–Crippen LogP) is 3.03. The van der Waals surface area contributed by atoms with Gasteiger partial charge in [-0.3, -0.25) is 4.79 Å². The van der Waals surface area contributed by atoms with Crippen molar-refractivity contribution in [1.82, 2.24) is 10.3 Å². The molecule has 1 aromatic carbocycles. The second kappa shape index (κ2) is 9.71. The van der Waals surface area contributed by atoms with E-state index in [1.54, 1.807) is 29.6 Å². The molecule has 2 aromatic rings. The number of carbonyl (C=O) groups is 1. The number of nitrogens with one attached hydrogen (secondary N) is 1. The molecular formula is C15H17ClF3N3O2S. The molecule has 0 unspecified atom stereocenters. The average molecular weight is 396 g/mol. The summed E-state index contributed by atoms with van der Waals surface area (Å²) in [5.74, 6) is -0.302. The van der Waals surface area contributed by atoms with E-state index in [0.29, 0.717) is 16.3 Å². The first kappa shape index (κ1) is 21.4. The number of aromatic nitrogens is 1. The van der Waals surface area contributed by atoms with Crippen LogP contribution in [0.3, 0.4) is 0 Å². The van der Waals surface area contributed by atoms with Crippen LogP contribution in [0.25, 0.3) is 0 Å². The Morgan fingerprint density at radius 1 is 1.24 bits per heavy atom. The highest BCUT2D eigenvalue weighted by Gasteiger charge is 2.27. The van der Waals surface area contributed by atoms with E-state index in [2.05, 4.69) is 15.0 Å². The van der Waals surface area contributed by atoms with Crippen molar-refractivity contribution >= 4 is 29.7 Å². The highest BCUT2D eigenvalue weighted by Crippen LogP contribution is 2.16. The summed E-state index contributed by atoms with van der Waals surface area (Å²) in [6, 6.07) is 6.76. The molecule has 5 nitrogen and oxygen atoms in total. The number of hydrogen-bond acceptors (Lipinski definition) is 5. The maximum atomic E-state index is 12.0. The zero-order valence-electron chi connectivity index (χ0n) is 13.0. The van der Waals surface area contributed by atoms with Gasteiger partial charge in [-0.1, -0.05) is 24.3 Å². The minimum atomic E-state index is -4.33. The monoisotopic (exact) mass is 395 g/mol. The Hall–Kier alpha value is -1.68. The molecule has 1 aromatic heterocycles. The van der Waals surface area contributed by atoms with E-state index < -0.39 is 12.8 Å². The van der Waals surface area contributed by atoms with E-state index in [9.17, 15) is 18.0 Å². The number of amides is 1. The highest BCUT2D eigenvalue weighted by atomic mass is 35.5. The average Bonchev–Trinajstić information content (AvgIpc) is 3.02. The predicted molar refractivity (Wildman–Crippen MR) is 90.6 cm³/mol. The van der Waals surface area contributed by atoms with Gasteiger partial charge in [0, 0.05) is 18.5 Å². The van der Waals surface area contributed by atoms with Gasteiger partial charge in [0.25, 0.3) is 5.91 Å². The van der Waals surface area contributed by atoms with Crippen molar-refractivity contribution < 1.29 is 22.7 Å². The topological polar surface area (TPSA) is 77.2 Å². The van der Waals surface area contributed by atoms with Crippen LogP contribution >= 0.6 is 23.7 Å². The Balaban J connectivity index is 0.00000312. The number of halogens is 4. The second-order valence-corrected chi connectivity index (χ2v) is 5.88. The molecule has 0 radical (unpaired) electrons. The van der Waals surface area contributed by atoms with Crippen molar-refractivity contribution in [3.8, 4) is 0 Å². The van der Waals surface area contributed by atoms with Crippen LogP contribution in [0.2, 0.25) is 0 Å². The first-order chi connectivity index (χ1) is 11.4. The van der Waals surface area contributed by atoms with Crippen LogP contribution in [-0.4, -0.2) is 23.7 Å². The quantitative estimate of drug-likeness (QED) is 0.755. The van der Waals surface area contributed by atoms with Gasteiger partial charge in [0.2, 0.25) is 0 Å². The van der Waals surface area contributed by atoms with Crippen LogP contribution in [0.15, 0.2) is 29.6 Å². The number of rotatable bonds is 7. The van der Waals surface area contributed by atoms with E-state index in [0.717, 1.165) is 5.56 Å². The SMILES string of the molecule is Cl.NCc1nc(C(=O)NCc2ccc(COCC(F)(F)F)cc2)cs1. The van der Waals surface area contributed by atoms with Crippen molar-refractivity contribution in [2.75, 3.05) is 6.61 Å². The lowest BCUT2D eigenvalue weighted by atomic mass is 10.1. The minimum Gasteiger partial charge on any atom is -0.367 e. The third kappa shape index (κ3) is 7.39. The maximum absolute atomic E-state index is 12.0. The van der Waals surface area contributed by atoms with E-state index >= 15 is 0 Å². The number of benzene rings is 1. The van der Waals surface area contributed by atoms with Gasteiger partial charge in [-0.25, -0.2) is 4.98 Å². The minimum absolute atomic E-state index is 0. The summed E-state index contributed by atoms with van der Waals surface area (Å²) < 4.78 is 40.5. The van der Waals surface area contributed by atoms with Gasteiger partial charge in [0.15, 0.2) is 0 Å². The zero-order chi connectivity index (χ0) is 17.6. The Kier molecular flexibility index (Phi) is 8.30. The molecule has 0 bridgehead atoms. The van der Waals surface area contributed by atoms with E-state index in [1.807, 2.05) is 0 Å². The molecule has 138 valence electrons. The van der Waals surface area contributed by atoms with Crippen LogP contribution in [0, 0.1) is 0 Å². The molecule has 2 rings (SSSR count). The third-order valence-electron chi connectivity index (χ3n) is 2.97. The van der Waals surface area contributed by atoms with Crippen LogP contribution in [0.5, 0.6) is 0 Å². The standard InChI is InChI=1S/C15H16F3N3O2S.ClH/c16-15(17,18)9-23-7-11-3-1-10(2-4-11)6-20-14(22)12-8-24-13(5-19)21-12;/h1-4,8H,5-7,9,19H2,(H,20,22);1H. The molecule has 0 atom stereocenters. The summed E-state index contributed by atoms with van der Waals surface area (Å²) >= 11 is 1.32. The lowest BCUT2D eigenvalue weighted by Crippen LogP contribution is -2.23. The summed E-state index contributed by atoms with van der Waals surface area (Å²) in [5.41, 5.74) is 7.20. The molecule has 10 heteroatoms. The van der Waals surface area contributed by atoms with Gasteiger partial charge in [0.05, 0.1) is 6.61 Å². The Labute approximate surface area is 152 Å². The number of carbonyl (C=O) groups excluding carboxylic acids is 1. The number of nitrogens with zero attached hydrogens (tertiary/aromatic N) is 1. The van der Waals surface area contributed by atoms with Crippen molar-refractivity contribution in [2.45, 2.75) is 25.9 Å². The van der Waals surface area contributed by atoms with Crippen molar-refractivity contribution in [1.29, 1.82) is 0 Å². The molecule has 1 heterocycles. The molecule has 0 aliphatic carbocycles. The molecule has 25 heavy (non-hydrogen) atoms. The molecule has 0 fully saturated rings. The lowest BCUT2D eigenvalue weighted by molar-refractivity contribution is -0.176. The largest absolute Gasteiger partial charge is 0.411 e. The number of hydrogen-bond donors (Lipinski definition) is 2. The Morgan fingerprint density at radius 2 is 1.88 bits per heavy atom. The molecular weight excluding hydrogens is 379 g/mol. The summed E-state index contributed by atoms with van der Waals surface area (Å²) in [4.78, 5) is 16.0. The van der Waals surface area contributed by atoms with Crippen LogP contribution in [0.4, 0.5) is 13.2 Å². The molecule has 0 aliphatic rings. The Morgan fingerprint density at radius 3 is 2.44 bits per heavy atom. The van der Waals surface area contributed by atoms with E-state index in [4.69, 9.17) is 5.73 Å². The summed E-state index contributed by atoms with van der Waals surface area (Å²) in [6.45, 7) is -0.816. The third-order valence-corrected chi connectivity index (χ3v) is 3.84. The summed E-state index contributed by atoms with van der Waals surface area (Å²) in [7, 11) is 0. The van der Waals surface area contributed by atoms with E-state index in [1.165, 1.54) is 11.3 Å². The smallest absolute Gasteiger partial charge is 0.367 e. The Bertz CT molecular complexity index is 677. The number of nitrogens with two attached hydrogens (primary N) is 1. The van der Waals surface area contributed by atoms with Crippen LogP contribution in [0.1, 0.15) is 26.6 Å². The van der Waals surface area contributed by atoms with Gasteiger partial charge in [-0.05, 0) is 11.1 Å². The van der Waals surface area contributed by atoms with Crippen molar-refractivity contribution in [3.05, 3.63) is 51.5 Å². The summed E-state index contributed by atoms with van der Waals surface area (Å²) in [5, 5.41) is 5.04. The zero-order valence-corrected chi connectivity index (χ0v) is 14.6. The fraction of sp³-hybridized carbons (Fsp3) is 0.333. The van der Waals surface area contributed by atoms with Gasteiger partial charge in [-0.2, -0.15) is 13.2 Å². The lowest BCUT2D eigenvalue weighted by Gasteiger charge is -2.08. The number of ether oxygens (including phenoxy) is 1. The van der Waals surface area contributed by atoms with Gasteiger partial charge in [-0.15, -0.1) is 23.7 Å².